The van der Waals surface area contributed by atoms with Gasteiger partial charge in [-0.05, 0) is 70.4 Å². The van der Waals surface area contributed by atoms with Gasteiger partial charge in [0.25, 0.3) is 5.91 Å². The molecule has 31 heavy (non-hydrogen) atoms. The topological polar surface area (TPSA) is 70.9 Å². The van der Waals surface area contributed by atoms with E-state index in [9.17, 15) is 9.90 Å². The summed E-state index contributed by atoms with van der Waals surface area (Å²) in [7, 11) is 0. The number of ether oxygens (including phenoxy) is 1. The summed E-state index contributed by atoms with van der Waals surface area (Å²) in [5.41, 5.74) is 4.39. The zero-order chi connectivity index (χ0) is 21.6. The second kappa shape index (κ2) is 9.32. The summed E-state index contributed by atoms with van der Waals surface area (Å²) in [4.78, 5) is 12.4. The molecule has 0 atom stereocenters. The fourth-order valence-corrected chi connectivity index (χ4v) is 3.29. The van der Waals surface area contributed by atoms with E-state index in [1.54, 1.807) is 12.1 Å². The lowest BCUT2D eigenvalue weighted by Gasteiger charge is -2.07. The van der Waals surface area contributed by atoms with E-state index in [1.165, 1.54) is 6.21 Å². The molecule has 1 amide bonds. The zero-order valence-electron chi connectivity index (χ0n) is 16.5. The maximum absolute atomic E-state index is 12.4. The molecule has 0 heterocycles. The van der Waals surface area contributed by atoms with E-state index in [1.807, 2.05) is 72.8 Å². The number of fused-ring (bicyclic) bond motifs is 1. The highest BCUT2D eigenvalue weighted by Gasteiger charge is 2.11. The summed E-state index contributed by atoms with van der Waals surface area (Å²) >= 11 is 5.98. The lowest BCUT2D eigenvalue weighted by Crippen LogP contribution is -2.17. The van der Waals surface area contributed by atoms with Crippen LogP contribution in [-0.4, -0.2) is 17.2 Å². The number of nitrogens with zero attached hydrogens (tertiary/aromatic N) is 1. The predicted octanol–water partition coefficient (Wildman–Crippen LogP) is 5.54. The van der Waals surface area contributed by atoms with Gasteiger partial charge in [0.05, 0.1) is 11.8 Å². The van der Waals surface area contributed by atoms with Crippen LogP contribution in [0.25, 0.3) is 10.8 Å². The number of aromatic hydroxyl groups is 1. The van der Waals surface area contributed by atoms with Crippen LogP contribution in [0.3, 0.4) is 0 Å². The van der Waals surface area contributed by atoms with Crippen molar-refractivity contribution in [2.24, 2.45) is 5.10 Å². The number of carbonyl (C=O) groups excluding carboxylic acids is 1. The molecule has 0 aliphatic rings. The van der Waals surface area contributed by atoms with Crippen molar-refractivity contribution in [3.8, 4) is 11.5 Å². The smallest absolute Gasteiger partial charge is 0.275 e. The molecule has 0 bridgehead atoms. The Kier molecular flexibility index (Phi) is 6.15. The number of hydrogen-bond donors (Lipinski definition) is 2. The molecule has 0 aliphatic heterocycles. The molecule has 0 fully saturated rings. The number of phenolic OH excluding ortho intramolecular Hbond substituents is 1. The Labute approximate surface area is 184 Å². The first kappa shape index (κ1) is 20.4. The van der Waals surface area contributed by atoms with E-state index in [-0.39, 0.29) is 11.3 Å². The standard InChI is InChI=1S/C25H19ClN2O3/c26-21-7-3-4-18(12-21)16-31-22-10-8-17(9-11-22)15-27-28-25(30)23-13-19-5-1-2-6-20(19)14-24(23)29/h1-15,29H,16H2,(H,28,30)/b27-15+. The first-order valence-corrected chi connectivity index (χ1v) is 9.99. The van der Waals surface area contributed by atoms with Gasteiger partial charge in [0.2, 0.25) is 0 Å². The molecule has 0 unspecified atom stereocenters. The minimum Gasteiger partial charge on any atom is -0.507 e. The molecule has 0 spiro atoms. The molecule has 0 saturated heterocycles. The molecular formula is C25H19ClN2O3. The second-order valence-electron chi connectivity index (χ2n) is 6.90. The van der Waals surface area contributed by atoms with Gasteiger partial charge >= 0.3 is 0 Å². The monoisotopic (exact) mass is 430 g/mol. The number of halogens is 1. The van der Waals surface area contributed by atoms with Gasteiger partial charge in [0, 0.05) is 5.02 Å². The summed E-state index contributed by atoms with van der Waals surface area (Å²) in [5.74, 6) is 0.135. The lowest BCUT2D eigenvalue weighted by molar-refractivity contribution is 0.0952. The van der Waals surface area contributed by atoms with Crippen molar-refractivity contribution in [1.29, 1.82) is 0 Å². The highest BCUT2D eigenvalue weighted by molar-refractivity contribution is 6.30. The first-order valence-electron chi connectivity index (χ1n) is 9.61. The Balaban J connectivity index is 1.35. The summed E-state index contributed by atoms with van der Waals surface area (Å²) in [5, 5.41) is 16.5. The number of benzene rings is 4. The van der Waals surface area contributed by atoms with E-state index in [0.29, 0.717) is 17.4 Å². The highest BCUT2D eigenvalue weighted by atomic mass is 35.5. The fourth-order valence-electron chi connectivity index (χ4n) is 3.08. The maximum atomic E-state index is 12.4. The third-order valence-electron chi connectivity index (χ3n) is 4.66. The average molecular weight is 431 g/mol. The zero-order valence-corrected chi connectivity index (χ0v) is 17.2. The number of phenols is 1. The van der Waals surface area contributed by atoms with E-state index in [0.717, 1.165) is 21.9 Å². The van der Waals surface area contributed by atoms with Crippen molar-refractivity contribution in [2.75, 3.05) is 0 Å². The third kappa shape index (κ3) is 5.21. The van der Waals surface area contributed by atoms with Crippen LogP contribution < -0.4 is 10.2 Å². The van der Waals surface area contributed by atoms with Crippen LogP contribution in [0.2, 0.25) is 5.02 Å². The largest absolute Gasteiger partial charge is 0.507 e. The van der Waals surface area contributed by atoms with E-state index < -0.39 is 5.91 Å². The normalized spacial score (nSPS) is 11.0. The molecule has 154 valence electrons. The number of rotatable bonds is 6. The van der Waals surface area contributed by atoms with Crippen molar-refractivity contribution in [3.63, 3.8) is 0 Å². The Bertz CT molecular complexity index is 1250. The lowest BCUT2D eigenvalue weighted by atomic mass is 10.1. The van der Waals surface area contributed by atoms with E-state index in [2.05, 4.69) is 10.5 Å². The number of amides is 1. The molecule has 2 N–H and O–H groups in total. The van der Waals surface area contributed by atoms with Crippen LogP contribution in [0.5, 0.6) is 11.5 Å². The van der Waals surface area contributed by atoms with Gasteiger partial charge in [-0.2, -0.15) is 5.10 Å². The van der Waals surface area contributed by atoms with Gasteiger partial charge in [0.15, 0.2) is 0 Å². The second-order valence-corrected chi connectivity index (χ2v) is 7.34. The predicted molar refractivity (Wildman–Crippen MR) is 123 cm³/mol. The van der Waals surface area contributed by atoms with Crippen LogP contribution in [0.4, 0.5) is 0 Å². The fraction of sp³-hybridized carbons (Fsp3) is 0.0400. The molecular weight excluding hydrogens is 412 g/mol. The van der Waals surface area contributed by atoms with Gasteiger partial charge in [-0.15, -0.1) is 0 Å². The minimum atomic E-state index is -0.485. The van der Waals surface area contributed by atoms with Crippen molar-refractivity contribution in [1.82, 2.24) is 5.43 Å². The summed E-state index contributed by atoms with van der Waals surface area (Å²) in [6.07, 6.45) is 1.52. The average Bonchev–Trinajstić information content (AvgIpc) is 2.78. The van der Waals surface area contributed by atoms with Crippen molar-refractivity contribution in [3.05, 3.63) is 107 Å². The number of hydrazone groups is 1. The van der Waals surface area contributed by atoms with Gasteiger partial charge in [0.1, 0.15) is 18.1 Å². The van der Waals surface area contributed by atoms with Crippen LogP contribution in [0.1, 0.15) is 21.5 Å². The molecule has 0 saturated carbocycles. The minimum absolute atomic E-state index is 0.0902. The quantitative estimate of drug-likeness (QED) is 0.311. The SMILES string of the molecule is O=C(N/N=C/c1ccc(OCc2cccc(Cl)c2)cc1)c1cc2ccccc2cc1O. The number of nitrogens with one attached hydrogen (secondary N) is 1. The van der Waals surface area contributed by atoms with E-state index in [4.69, 9.17) is 16.3 Å². The van der Waals surface area contributed by atoms with E-state index >= 15 is 0 Å². The Morgan fingerprint density at radius 3 is 2.45 bits per heavy atom. The van der Waals surface area contributed by atoms with Crippen LogP contribution >= 0.6 is 11.6 Å². The van der Waals surface area contributed by atoms with Gasteiger partial charge in [-0.25, -0.2) is 5.43 Å². The van der Waals surface area contributed by atoms with Crippen molar-refractivity contribution >= 4 is 34.5 Å². The Hall–Kier alpha value is -3.83. The van der Waals surface area contributed by atoms with Crippen molar-refractivity contribution < 1.29 is 14.6 Å². The molecule has 4 aromatic rings. The molecule has 5 nitrogen and oxygen atoms in total. The van der Waals surface area contributed by atoms with Gasteiger partial charge < -0.3 is 9.84 Å². The summed E-state index contributed by atoms with van der Waals surface area (Å²) in [6.45, 7) is 0.416. The Morgan fingerprint density at radius 1 is 0.968 bits per heavy atom. The van der Waals surface area contributed by atoms with Crippen LogP contribution in [0, 0.1) is 0 Å². The van der Waals surface area contributed by atoms with Crippen LogP contribution in [0.15, 0.2) is 90.0 Å². The van der Waals surface area contributed by atoms with Gasteiger partial charge in [-0.3, -0.25) is 4.79 Å². The molecule has 6 heteroatoms. The van der Waals surface area contributed by atoms with Gasteiger partial charge in [-0.1, -0.05) is 48.0 Å². The summed E-state index contributed by atoms with van der Waals surface area (Å²) < 4.78 is 5.75. The molecule has 0 aromatic heterocycles. The molecule has 4 rings (SSSR count). The summed E-state index contributed by atoms with van der Waals surface area (Å²) in [6, 6.07) is 25.5. The Morgan fingerprint density at radius 2 is 1.71 bits per heavy atom. The van der Waals surface area contributed by atoms with Crippen molar-refractivity contribution in [2.45, 2.75) is 6.61 Å². The number of carbonyl (C=O) groups is 1. The highest BCUT2D eigenvalue weighted by Crippen LogP contribution is 2.24. The maximum Gasteiger partial charge on any atom is 0.275 e. The molecule has 4 aromatic carbocycles. The number of hydrogen-bond acceptors (Lipinski definition) is 4. The first-order chi connectivity index (χ1) is 15.1. The van der Waals surface area contributed by atoms with Crippen LogP contribution in [-0.2, 0) is 6.61 Å². The molecule has 0 aliphatic carbocycles. The third-order valence-corrected chi connectivity index (χ3v) is 4.90. The molecule has 0 radical (unpaired) electrons.